The van der Waals surface area contributed by atoms with Gasteiger partial charge < -0.3 is 5.32 Å². The van der Waals surface area contributed by atoms with Crippen LogP contribution < -0.4 is 5.32 Å². The molecule has 2 bridgehead atoms. The van der Waals surface area contributed by atoms with Crippen LogP contribution in [0.25, 0.3) is 0 Å². The van der Waals surface area contributed by atoms with Gasteiger partial charge in [0.2, 0.25) is 0 Å². The summed E-state index contributed by atoms with van der Waals surface area (Å²) in [6.07, 6.45) is 5.95. The fourth-order valence-corrected chi connectivity index (χ4v) is 5.05. The third-order valence-electron chi connectivity index (χ3n) is 5.86. The van der Waals surface area contributed by atoms with Crippen LogP contribution >= 0.6 is 11.6 Å². The van der Waals surface area contributed by atoms with Crippen molar-refractivity contribution >= 4 is 17.5 Å². The lowest BCUT2D eigenvalue weighted by Gasteiger charge is -2.34. The molecule has 1 aromatic heterocycles. The number of amides is 1. The van der Waals surface area contributed by atoms with Crippen molar-refractivity contribution in [3.8, 4) is 0 Å². The third kappa shape index (κ3) is 2.05. The molecule has 3 atom stereocenters. The molecule has 1 amide bonds. The number of nitrogens with one attached hydrogen (secondary N) is 1. The Hall–Kier alpha value is -1.81. The second-order valence-electron chi connectivity index (χ2n) is 7.03. The van der Waals surface area contributed by atoms with Gasteiger partial charge in [-0.05, 0) is 42.2 Å². The third-order valence-corrected chi connectivity index (χ3v) is 6.30. The van der Waals surface area contributed by atoms with Crippen molar-refractivity contribution in [3.63, 3.8) is 0 Å². The van der Waals surface area contributed by atoms with Gasteiger partial charge >= 0.3 is 0 Å². The minimum absolute atomic E-state index is 0.119. The van der Waals surface area contributed by atoms with Crippen molar-refractivity contribution in [2.24, 2.45) is 13.0 Å². The molecule has 0 radical (unpaired) electrons. The summed E-state index contributed by atoms with van der Waals surface area (Å²) < 4.78 is 1.53. The quantitative estimate of drug-likeness (QED) is 0.911. The lowest BCUT2D eigenvalue weighted by atomic mass is 9.82. The van der Waals surface area contributed by atoms with E-state index in [9.17, 15) is 4.79 Å². The first kappa shape index (κ1) is 15.7. The summed E-state index contributed by atoms with van der Waals surface area (Å²) in [4.78, 5) is 12.9. The van der Waals surface area contributed by atoms with E-state index in [1.807, 2.05) is 0 Å². The fraction of sp³-hybridized carbons (Fsp3) is 0.474. The van der Waals surface area contributed by atoms with Gasteiger partial charge in [0.1, 0.15) is 5.15 Å². The molecule has 0 aliphatic heterocycles. The Morgan fingerprint density at radius 3 is 2.96 bits per heavy atom. The van der Waals surface area contributed by atoms with E-state index in [1.54, 1.807) is 13.2 Å². The zero-order valence-electron chi connectivity index (χ0n) is 14.1. The van der Waals surface area contributed by atoms with Crippen molar-refractivity contribution in [2.75, 3.05) is 0 Å². The molecule has 1 fully saturated rings. The standard InChI is InChI=1S/C19H22ClN3O/c1-3-6-15-13-9-10-19(15,16-8-5-4-7-12(13)16)22-18(24)14-11-21-23(2)17(14)20/h4-5,7-8,11,13,15H,3,6,9-10H2,1-2H3,(H,22,24). The van der Waals surface area contributed by atoms with E-state index < -0.39 is 0 Å². The zero-order valence-corrected chi connectivity index (χ0v) is 14.8. The highest BCUT2D eigenvalue weighted by atomic mass is 35.5. The highest BCUT2D eigenvalue weighted by Gasteiger charge is 2.56. The van der Waals surface area contributed by atoms with Crippen LogP contribution in [0, 0.1) is 5.92 Å². The molecule has 126 valence electrons. The summed E-state index contributed by atoms with van der Waals surface area (Å²) >= 11 is 6.23. The number of carbonyl (C=O) groups is 1. The molecular formula is C19H22ClN3O. The van der Waals surface area contributed by atoms with Gasteiger partial charge in [-0.15, -0.1) is 0 Å². The minimum atomic E-state index is -0.256. The Balaban J connectivity index is 1.74. The zero-order chi connectivity index (χ0) is 16.9. The van der Waals surface area contributed by atoms with E-state index in [2.05, 4.69) is 41.6 Å². The first-order valence-corrected chi connectivity index (χ1v) is 9.05. The number of aromatic nitrogens is 2. The largest absolute Gasteiger partial charge is 0.342 e. The number of carbonyl (C=O) groups excluding carboxylic acids is 1. The first-order valence-electron chi connectivity index (χ1n) is 8.68. The number of nitrogens with zero attached hydrogens (tertiary/aromatic N) is 2. The molecule has 1 saturated carbocycles. The maximum atomic E-state index is 12.9. The number of hydrogen-bond donors (Lipinski definition) is 1. The predicted octanol–water partition coefficient (Wildman–Crippen LogP) is 4.01. The number of hydrogen-bond acceptors (Lipinski definition) is 2. The van der Waals surface area contributed by atoms with Crippen LogP contribution in [0.2, 0.25) is 5.15 Å². The van der Waals surface area contributed by atoms with Crippen LogP contribution in [0.1, 0.15) is 60.0 Å². The van der Waals surface area contributed by atoms with E-state index >= 15 is 0 Å². The summed E-state index contributed by atoms with van der Waals surface area (Å²) in [5.74, 6) is 0.914. The summed E-state index contributed by atoms with van der Waals surface area (Å²) in [7, 11) is 1.74. The van der Waals surface area contributed by atoms with Crippen molar-refractivity contribution in [2.45, 2.75) is 44.1 Å². The molecule has 24 heavy (non-hydrogen) atoms. The molecule has 1 heterocycles. The van der Waals surface area contributed by atoms with Crippen molar-refractivity contribution in [1.82, 2.24) is 15.1 Å². The number of rotatable bonds is 4. The molecule has 2 aliphatic rings. The Bertz CT molecular complexity index is 800. The Kier molecular flexibility index (Phi) is 3.68. The molecule has 4 nitrogen and oxygen atoms in total. The molecule has 1 N–H and O–H groups in total. The molecule has 4 rings (SSSR count). The lowest BCUT2D eigenvalue weighted by molar-refractivity contribution is 0.0869. The molecule has 0 spiro atoms. The molecule has 3 unspecified atom stereocenters. The number of aryl methyl sites for hydroxylation is 1. The lowest BCUT2D eigenvalue weighted by Crippen LogP contribution is -2.47. The molecule has 2 aliphatic carbocycles. The maximum absolute atomic E-state index is 12.9. The highest BCUT2D eigenvalue weighted by Crippen LogP contribution is 2.61. The van der Waals surface area contributed by atoms with Crippen molar-refractivity contribution in [1.29, 1.82) is 0 Å². The van der Waals surface area contributed by atoms with Crippen LogP contribution in [0.5, 0.6) is 0 Å². The smallest absolute Gasteiger partial charge is 0.256 e. The molecule has 0 saturated heterocycles. The van der Waals surface area contributed by atoms with Gasteiger partial charge in [-0.2, -0.15) is 5.10 Å². The molecule has 1 aromatic carbocycles. The fourth-order valence-electron chi connectivity index (χ4n) is 4.87. The number of halogens is 1. The van der Waals surface area contributed by atoms with E-state index in [0.717, 1.165) is 25.7 Å². The van der Waals surface area contributed by atoms with Gasteiger partial charge in [0, 0.05) is 7.05 Å². The first-order chi connectivity index (χ1) is 11.6. The molecular weight excluding hydrogens is 322 g/mol. The van der Waals surface area contributed by atoms with Gasteiger partial charge in [0.25, 0.3) is 5.91 Å². The van der Waals surface area contributed by atoms with Crippen LogP contribution in [0.3, 0.4) is 0 Å². The van der Waals surface area contributed by atoms with Gasteiger partial charge in [-0.1, -0.05) is 49.2 Å². The van der Waals surface area contributed by atoms with Crippen molar-refractivity contribution < 1.29 is 4.79 Å². The average Bonchev–Trinajstić information content (AvgIpc) is 3.18. The predicted molar refractivity (Wildman–Crippen MR) is 94.2 cm³/mol. The van der Waals surface area contributed by atoms with Crippen molar-refractivity contribution in [3.05, 3.63) is 52.3 Å². The average molecular weight is 344 g/mol. The van der Waals surface area contributed by atoms with E-state index in [4.69, 9.17) is 11.6 Å². The van der Waals surface area contributed by atoms with E-state index in [0.29, 0.717) is 22.6 Å². The van der Waals surface area contributed by atoms with Gasteiger partial charge in [0.15, 0.2) is 0 Å². The highest BCUT2D eigenvalue weighted by molar-refractivity contribution is 6.32. The Labute approximate surface area is 147 Å². The monoisotopic (exact) mass is 343 g/mol. The SMILES string of the molecule is CCCC1C2CCC1(NC(=O)c1cnn(C)c1Cl)c1ccccc12. The molecule has 2 aromatic rings. The van der Waals surface area contributed by atoms with Crippen LogP contribution in [0.15, 0.2) is 30.5 Å². The summed E-state index contributed by atoms with van der Waals surface area (Å²) in [6.45, 7) is 2.22. The topological polar surface area (TPSA) is 46.9 Å². The summed E-state index contributed by atoms with van der Waals surface area (Å²) in [6, 6.07) is 8.60. The second-order valence-corrected chi connectivity index (χ2v) is 7.38. The van der Waals surface area contributed by atoms with E-state index in [-0.39, 0.29) is 11.4 Å². The van der Waals surface area contributed by atoms with E-state index in [1.165, 1.54) is 15.8 Å². The second kappa shape index (κ2) is 5.62. The Morgan fingerprint density at radius 1 is 1.46 bits per heavy atom. The number of benzene rings is 1. The minimum Gasteiger partial charge on any atom is -0.342 e. The molecule has 5 heteroatoms. The van der Waals surface area contributed by atoms with Gasteiger partial charge in [0.05, 0.1) is 17.3 Å². The number of fused-ring (bicyclic) bond motifs is 5. The maximum Gasteiger partial charge on any atom is 0.256 e. The van der Waals surface area contributed by atoms with Gasteiger partial charge in [-0.3, -0.25) is 9.48 Å². The van der Waals surface area contributed by atoms with Crippen LogP contribution in [0.4, 0.5) is 0 Å². The summed E-state index contributed by atoms with van der Waals surface area (Å²) in [5, 5.41) is 7.85. The van der Waals surface area contributed by atoms with Crippen LogP contribution in [-0.2, 0) is 12.6 Å². The van der Waals surface area contributed by atoms with Gasteiger partial charge in [-0.25, -0.2) is 0 Å². The summed E-state index contributed by atoms with van der Waals surface area (Å²) in [5.41, 5.74) is 2.91. The van der Waals surface area contributed by atoms with Crippen LogP contribution in [-0.4, -0.2) is 15.7 Å². The normalized spacial score (nSPS) is 27.3. The Morgan fingerprint density at radius 2 is 2.25 bits per heavy atom.